The molecule has 2 aromatic carbocycles. The van der Waals surface area contributed by atoms with Crippen LogP contribution in [0.2, 0.25) is 0 Å². The lowest BCUT2D eigenvalue weighted by Gasteiger charge is -2.29. The highest BCUT2D eigenvalue weighted by Crippen LogP contribution is 2.23. The first kappa shape index (κ1) is 20.0. The van der Waals surface area contributed by atoms with Crippen molar-refractivity contribution in [2.24, 2.45) is 0 Å². The quantitative estimate of drug-likeness (QED) is 0.707. The Morgan fingerprint density at radius 3 is 2.59 bits per heavy atom. The Labute approximate surface area is 163 Å². The second-order valence-corrected chi connectivity index (χ2v) is 9.20. The van der Waals surface area contributed by atoms with Gasteiger partial charge in [-0.1, -0.05) is 36.4 Å². The summed E-state index contributed by atoms with van der Waals surface area (Å²) in [6.45, 7) is 3.99. The molecule has 0 atom stereocenters. The summed E-state index contributed by atoms with van der Waals surface area (Å²) in [5.41, 5.74) is 3.66. The Hall–Kier alpha value is -1.73. The van der Waals surface area contributed by atoms with Crippen molar-refractivity contribution in [1.82, 2.24) is 14.5 Å². The fraction of sp³-hybridized carbons (Fsp3) is 0.429. The van der Waals surface area contributed by atoms with Gasteiger partial charge in [-0.05, 0) is 62.3 Å². The van der Waals surface area contributed by atoms with E-state index in [0.29, 0.717) is 11.4 Å². The van der Waals surface area contributed by atoms with Gasteiger partial charge in [0, 0.05) is 26.2 Å². The third-order valence-electron chi connectivity index (χ3n) is 4.90. The van der Waals surface area contributed by atoms with Crippen LogP contribution in [0.25, 0.3) is 0 Å². The maximum atomic E-state index is 12.6. The first-order valence-corrected chi connectivity index (χ1v) is 10.9. The first-order valence-electron chi connectivity index (χ1n) is 9.46. The molecule has 0 saturated heterocycles. The molecule has 0 spiro atoms. The number of hydrogen-bond acceptors (Lipinski definition) is 4. The molecule has 3 rings (SSSR count). The van der Waals surface area contributed by atoms with Gasteiger partial charge in [-0.25, -0.2) is 13.1 Å². The number of benzene rings is 2. The van der Waals surface area contributed by atoms with Crippen LogP contribution >= 0.6 is 0 Å². The number of fused-ring (bicyclic) bond motifs is 1. The van der Waals surface area contributed by atoms with Gasteiger partial charge < -0.3 is 4.90 Å². The number of nitrogens with zero attached hydrogens (tertiary/aromatic N) is 2. The van der Waals surface area contributed by atoms with Crippen molar-refractivity contribution < 1.29 is 8.42 Å². The molecule has 5 nitrogen and oxygen atoms in total. The molecular formula is C21H29N3O2S. The molecule has 6 heteroatoms. The van der Waals surface area contributed by atoms with E-state index in [1.807, 2.05) is 32.3 Å². The molecule has 0 bridgehead atoms. The van der Waals surface area contributed by atoms with E-state index in [0.717, 1.165) is 44.6 Å². The molecule has 27 heavy (non-hydrogen) atoms. The number of hydrogen-bond donors (Lipinski definition) is 1. The molecule has 0 radical (unpaired) electrons. The average molecular weight is 388 g/mol. The Balaban J connectivity index is 1.66. The van der Waals surface area contributed by atoms with Gasteiger partial charge in [0.1, 0.15) is 0 Å². The summed E-state index contributed by atoms with van der Waals surface area (Å²) in [6.07, 6.45) is 1.75. The van der Waals surface area contributed by atoms with Gasteiger partial charge in [0.15, 0.2) is 0 Å². The fourth-order valence-corrected chi connectivity index (χ4v) is 4.55. The average Bonchev–Trinajstić information content (AvgIpc) is 2.65. The number of rotatable bonds is 8. The van der Waals surface area contributed by atoms with Gasteiger partial charge in [0.25, 0.3) is 0 Å². The molecule has 1 aliphatic heterocycles. The van der Waals surface area contributed by atoms with Gasteiger partial charge in [0.2, 0.25) is 10.0 Å². The summed E-state index contributed by atoms with van der Waals surface area (Å²) in [7, 11) is 0.515. The van der Waals surface area contributed by atoms with E-state index < -0.39 is 10.0 Å². The summed E-state index contributed by atoms with van der Waals surface area (Å²) >= 11 is 0. The van der Waals surface area contributed by atoms with Gasteiger partial charge in [0.05, 0.1) is 4.90 Å². The summed E-state index contributed by atoms with van der Waals surface area (Å²) in [4.78, 5) is 4.79. The van der Waals surface area contributed by atoms with E-state index in [9.17, 15) is 8.42 Å². The highest BCUT2D eigenvalue weighted by atomic mass is 32.2. The lowest BCUT2D eigenvalue weighted by molar-refractivity contribution is 0.245. The zero-order chi connectivity index (χ0) is 19.3. The smallest absolute Gasteiger partial charge is 0.240 e. The van der Waals surface area contributed by atoms with E-state index >= 15 is 0 Å². The molecule has 1 aliphatic rings. The highest BCUT2D eigenvalue weighted by Gasteiger charge is 2.20. The van der Waals surface area contributed by atoms with Crippen molar-refractivity contribution >= 4 is 10.0 Å². The predicted molar refractivity (Wildman–Crippen MR) is 109 cm³/mol. The Kier molecular flexibility index (Phi) is 6.65. The van der Waals surface area contributed by atoms with Crippen molar-refractivity contribution in [1.29, 1.82) is 0 Å². The zero-order valence-electron chi connectivity index (χ0n) is 16.2. The summed E-state index contributed by atoms with van der Waals surface area (Å²) in [6, 6.07) is 16.0. The lowest BCUT2D eigenvalue weighted by Crippen LogP contribution is -2.31. The van der Waals surface area contributed by atoms with Crippen molar-refractivity contribution in [2.45, 2.75) is 30.8 Å². The minimum Gasteiger partial charge on any atom is -0.309 e. The third kappa shape index (κ3) is 5.62. The molecule has 2 aromatic rings. The molecule has 1 N–H and O–H groups in total. The van der Waals surface area contributed by atoms with Gasteiger partial charge >= 0.3 is 0 Å². The van der Waals surface area contributed by atoms with Crippen LogP contribution in [0, 0.1) is 0 Å². The SMILES string of the molecule is CN(C)CCCNS(=O)(=O)c1ccc2c(c1)CN(Cc1ccccc1)CC2. The van der Waals surface area contributed by atoms with Crippen LogP contribution in [0.4, 0.5) is 0 Å². The second kappa shape index (κ2) is 8.97. The molecule has 0 unspecified atom stereocenters. The van der Waals surface area contributed by atoms with Crippen LogP contribution in [0.1, 0.15) is 23.1 Å². The van der Waals surface area contributed by atoms with Crippen molar-refractivity contribution in [3.63, 3.8) is 0 Å². The standard InChI is InChI=1S/C21H29N3O2S/c1-23(2)13-6-12-22-27(25,26)21-10-9-19-11-14-24(17-20(19)15-21)16-18-7-4-3-5-8-18/h3-5,7-10,15,22H,6,11-14,16-17H2,1-2H3. The number of nitrogens with one attached hydrogen (secondary N) is 1. The van der Waals surface area contributed by atoms with Gasteiger partial charge in [-0.3, -0.25) is 4.90 Å². The maximum Gasteiger partial charge on any atom is 0.240 e. The van der Waals surface area contributed by atoms with Crippen LogP contribution in [0.15, 0.2) is 53.4 Å². The lowest BCUT2D eigenvalue weighted by atomic mass is 9.99. The van der Waals surface area contributed by atoms with Crippen LogP contribution in [-0.2, 0) is 29.5 Å². The van der Waals surface area contributed by atoms with E-state index in [1.54, 1.807) is 6.07 Å². The van der Waals surface area contributed by atoms with Crippen LogP contribution < -0.4 is 4.72 Å². The number of sulfonamides is 1. The molecule has 1 heterocycles. The summed E-state index contributed by atoms with van der Waals surface area (Å²) < 4.78 is 27.9. The summed E-state index contributed by atoms with van der Waals surface area (Å²) in [5.74, 6) is 0. The van der Waals surface area contributed by atoms with Crippen LogP contribution in [-0.4, -0.2) is 51.9 Å². The maximum absolute atomic E-state index is 12.6. The highest BCUT2D eigenvalue weighted by molar-refractivity contribution is 7.89. The molecular weight excluding hydrogens is 358 g/mol. The van der Waals surface area contributed by atoms with Crippen LogP contribution in [0.5, 0.6) is 0 Å². The Bertz CT molecular complexity index is 851. The zero-order valence-corrected chi connectivity index (χ0v) is 17.0. The Morgan fingerprint density at radius 1 is 1.07 bits per heavy atom. The van der Waals surface area contributed by atoms with Gasteiger partial charge in [-0.2, -0.15) is 0 Å². The largest absolute Gasteiger partial charge is 0.309 e. The van der Waals surface area contributed by atoms with E-state index in [-0.39, 0.29) is 0 Å². The van der Waals surface area contributed by atoms with Crippen LogP contribution in [0.3, 0.4) is 0 Å². The van der Waals surface area contributed by atoms with Gasteiger partial charge in [-0.15, -0.1) is 0 Å². The molecule has 0 aromatic heterocycles. The van der Waals surface area contributed by atoms with Crippen molar-refractivity contribution in [3.05, 3.63) is 65.2 Å². The van der Waals surface area contributed by atoms with E-state index in [2.05, 4.69) is 38.8 Å². The molecule has 0 saturated carbocycles. The third-order valence-corrected chi connectivity index (χ3v) is 6.36. The fourth-order valence-electron chi connectivity index (χ4n) is 3.42. The molecule has 0 amide bonds. The molecule has 0 aliphatic carbocycles. The predicted octanol–water partition coefficient (Wildman–Crippen LogP) is 2.47. The minimum atomic E-state index is -3.46. The normalized spacial score (nSPS) is 15.1. The molecule has 146 valence electrons. The van der Waals surface area contributed by atoms with E-state index in [4.69, 9.17) is 0 Å². The monoisotopic (exact) mass is 387 g/mol. The Morgan fingerprint density at radius 2 is 1.85 bits per heavy atom. The van der Waals surface area contributed by atoms with E-state index in [1.165, 1.54) is 11.1 Å². The minimum absolute atomic E-state index is 0.368. The van der Waals surface area contributed by atoms with Crippen molar-refractivity contribution in [3.8, 4) is 0 Å². The summed E-state index contributed by atoms with van der Waals surface area (Å²) in [5, 5.41) is 0. The van der Waals surface area contributed by atoms with Crippen molar-refractivity contribution in [2.75, 3.05) is 33.7 Å². The topological polar surface area (TPSA) is 52.7 Å². The first-order chi connectivity index (χ1) is 12.9. The molecule has 0 fully saturated rings. The second-order valence-electron chi connectivity index (χ2n) is 7.43.